The lowest BCUT2D eigenvalue weighted by atomic mass is 10.1. The summed E-state index contributed by atoms with van der Waals surface area (Å²) < 4.78 is 0. The highest BCUT2D eigenvalue weighted by Crippen LogP contribution is 2.18. The lowest BCUT2D eigenvalue weighted by Crippen LogP contribution is -2.26. The number of aromatic nitrogens is 1. The number of anilines is 2. The molecule has 25 heavy (non-hydrogen) atoms. The molecule has 0 saturated carbocycles. The first-order chi connectivity index (χ1) is 12.1. The van der Waals surface area contributed by atoms with Gasteiger partial charge in [-0.1, -0.05) is 12.1 Å². The van der Waals surface area contributed by atoms with E-state index < -0.39 is 0 Å². The molecule has 1 aromatic carbocycles. The minimum atomic E-state index is -0.0345. The number of rotatable bonds is 6. The maximum atomic E-state index is 12.4. The SMILES string of the molecule is CN(C)c1ccc(CCNC(=O)c2ccnc(N3CCCC3)c2)cc1. The second-order valence-corrected chi connectivity index (χ2v) is 6.66. The van der Waals surface area contributed by atoms with Crippen molar-refractivity contribution in [3.05, 3.63) is 53.7 Å². The van der Waals surface area contributed by atoms with Crippen LogP contribution < -0.4 is 15.1 Å². The molecule has 1 saturated heterocycles. The van der Waals surface area contributed by atoms with Gasteiger partial charge in [-0.15, -0.1) is 0 Å². The van der Waals surface area contributed by atoms with Gasteiger partial charge in [0.25, 0.3) is 5.91 Å². The van der Waals surface area contributed by atoms with Crippen LogP contribution in [0.3, 0.4) is 0 Å². The Morgan fingerprint density at radius 2 is 1.88 bits per heavy atom. The highest BCUT2D eigenvalue weighted by atomic mass is 16.1. The molecule has 1 amide bonds. The number of amides is 1. The first-order valence-corrected chi connectivity index (χ1v) is 8.89. The highest BCUT2D eigenvalue weighted by molar-refractivity contribution is 5.94. The van der Waals surface area contributed by atoms with Crippen molar-refractivity contribution in [1.29, 1.82) is 0 Å². The quantitative estimate of drug-likeness (QED) is 0.880. The smallest absolute Gasteiger partial charge is 0.251 e. The molecule has 0 spiro atoms. The molecule has 1 N–H and O–H groups in total. The van der Waals surface area contributed by atoms with Gasteiger partial charge in [-0.3, -0.25) is 4.79 Å². The molecule has 0 bridgehead atoms. The number of hydrogen-bond acceptors (Lipinski definition) is 4. The molecule has 5 heteroatoms. The number of nitrogens with zero attached hydrogens (tertiary/aromatic N) is 3. The summed E-state index contributed by atoms with van der Waals surface area (Å²) in [6, 6.07) is 12.1. The molecule has 1 aliphatic rings. The van der Waals surface area contributed by atoms with Crippen molar-refractivity contribution in [2.24, 2.45) is 0 Å². The zero-order valence-corrected chi connectivity index (χ0v) is 15.0. The van der Waals surface area contributed by atoms with Crippen molar-refractivity contribution < 1.29 is 4.79 Å². The van der Waals surface area contributed by atoms with E-state index in [0.717, 1.165) is 25.3 Å². The minimum Gasteiger partial charge on any atom is -0.378 e. The number of nitrogens with one attached hydrogen (secondary N) is 1. The Kier molecular flexibility index (Phi) is 5.53. The summed E-state index contributed by atoms with van der Waals surface area (Å²) >= 11 is 0. The van der Waals surface area contributed by atoms with Crippen molar-refractivity contribution in [3.8, 4) is 0 Å². The van der Waals surface area contributed by atoms with E-state index in [-0.39, 0.29) is 5.91 Å². The summed E-state index contributed by atoms with van der Waals surface area (Å²) in [6.45, 7) is 2.68. The molecule has 2 heterocycles. The maximum absolute atomic E-state index is 12.4. The summed E-state index contributed by atoms with van der Waals surface area (Å²) in [4.78, 5) is 21.1. The summed E-state index contributed by atoms with van der Waals surface area (Å²) in [5.41, 5.74) is 3.08. The third-order valence-corrected chi connectivity index (χ3v) is 4.59. The van der Waals surface area contributed by atoms with Crippen LogP contribution in [-0.2, 0) is 6.42 Å². The van der Waals surface area contributed by atoms with Crippen LogP contribution in [0.5, 0.6) is 0 Å². The summed E-state index contributed by atoms with van der Waals surface area (Å²) in [5, 5.41) is 3.01. The van der Waals surface area contributed by atoms with Crippen LogP contribution in [-0.4, -0.2) is 44.6 Å². The number of benzene rings is 1. The van der Waals surface area contributed by atoms with Gasteiger partial charge in [-0.05, 0) is 49.1 Å². The third-order valence-electron chi connectivity index (χ3n) is 4.59. The van der Waals surface area contributed by atoms with E-state index in [1.54, 1.807) is 12.3 Å². The van der Waals surface area contributed by atoms with Gasteiger partial charge in [0.15, 0.2) is 0 Å². The van der Waals surface area contributed by atoms with Crippen molar-refractivity contribution in [2.45, 2.75) is 19.3 Å². The first kappa shape index (κ1) is 17.3. The van der Waals surface area contributed by atoms with Crippen LogP contribution in [0.15, 0.2) is 42.6 Å². The molecule has 3 rings (SSSR count). The van der Waals surface area contributed by atoms with E-state index in [9.17, 15) is 4.79 Å². The summed E-state index contributed by atoms with van der Waals surface area (Å²) in [7, 11) is 4.06. The van der Waals surface area contributed by atoms with Gasteiger partial charge >= 0.3 is 0 Å². The standard InChI is InChI=1S/C20H26N4O/c1-23(2)18-7-5-16(6-8-18)9-11-22-20(25)17-10-12-21-19(15-17)24-13-3-4-14-24/h5-8,10,12,15H,3-4,9,11,13-14H2,1-2H3,(H,22,25). The van der Waals surface area contributed by atoms with Gasteiger partial charge < -0.3 is 15.1 Å². The molecule has 132 valence electrons. The lowest BCUT2D eigenvalue weighted by Gasteiger charge is -2.16. The topological polar surface area (TPSA) is 48.5 Å². The van der Waals surface area contributed by atoms with Gasteiger partial charge in [-0.2, -0.15) is 0 Å². The fourth-order valence-electron chi connectivity index (χ4n) is 3.06. The Morgan fingerprint density at radius 1 is 1.16 bits per heavy atom. The Hall–Kier alpha value is -2.56. The van der Waals surface area contributed by atoms with Gasteiger partial charge in [0.2, 0.25) is 0 Å². The summed E-state index contributed by atoms with van der Waals surface area (Å²) in [6.07, 6.45) is 4.95. The molecule has 1 aliphatic heterocycles. The molecule has 1 fully saturated rings. The van der Waals surface area contributed by atoms with Crippen LogP contribution in [0.1, 0.15) is 28.8 Å². The summed E-state index contributed by atoms with van der Waals surface area (Å²) in [5.74, 6) is 0.872. The molecule has 1 aromatic heterocycles. The van der Waals surface area contributed by atoms with Crippen molar-refractivity contribution >= 4 is 17.4 Å². The van der Waals surface area contributed by atoms with Crippen LogP contribution in [0.2, 0.25) is 0 Å². The van der Waals surface area contributed by atoms with E-state index in [1.807, 2.05) is 20.2 Å². The number of pyridine rings is 1. The first-order valence-electron chi connectivity index (χ1n) is 8.89. The van der Waals surface area contributed by atoms with E-state index in [0.29, 0.717) is 12.1 Å². The monoisotopic (exact) mass is 338 g/mol. The van der Waals surface area contributed by atoms with Crippen LogP contribution in [0.4, 0.5) is 11.5 Å². The molecule has 0 atom stereocenters. The van der Waals surface area contributed by atoms with E-state index in [1.165, 1.54) is 24.1 Å². The highest BCUT2D eigenvalue weighted by Gasteiger charge is 2.15. The number of carbonyl (C=O) groups is 1. The Balaban J connectivity index is 1.53. The van der Waals surface area contributed by atoms with E-state index in [2.05, 4.69) is 44.4 Å². The number of hydrogen-bond donors (Lipinski definition) is 1. The molecule has 0 aliphatic carbocycles. The predicted molar refractivity (Wildman–Crippen MR) is 102 cm³/mol. The molecular formula is C20H26N4O. The maximum Gasteiger partial charge on any atom is 0.251 e. The minimum absolute atomic E-state index is 0.0345. The molecule has 2 aromatic rings. The second kappa shape index (κ2) is 8.01. The Labute approximate surface area is 149 Å². The van der Waals surface area contributed by atoms with Gasteiger partial charge in [0.05, 0.1) is 0 Å². The Bertz CT molecular complexity index is 706. The van der Waals surface area contributed by atoms with E-state index >= 15 is 0 Å². The third kappa shape index (κ3) is 4.50. The van der Waals surface area contributed by atoms with Crippen LogP contribution in [0.25, 0.3) is 0 Å². The van der Waals surface area contributed by atoms with E-state index in [4.69, 9.17) is 0 Å². The largest absolute Gasteiger partial charge is 0.378 e. The van der Waals surface area contributed by atoms with Crippen LogP contribution in [0, 0.1) is 0 Å². The fraction of sp³-hybridized carbons (Fsp3) is 0.400. The number of carbonyl (C=O) groups excluding carboxylic acids is 1. The van der Waals surface area contributed by atoms with Gasteiger partial charge in [0, 0.05) is 51.2 Å². The molecule has 5 nitrogen and oxygen atoms in total. The second-order valence-electron chi connectivity index (χ2n) is 6.66. The molecular weight excluding hydrogens is 312 g/mol. The molecule has 0 unspecified atom stereocenters. The average molecular weight is 338 g/mol. The van der Waals surface area contributed by atoms with Crippen LogP contribution >= 0.6 is 0 Å². The predicted octanol–water partition coefficient (Wildman–Crippen LogP) is 2.72. The normalized spacial score (nSPS) is 13.8. The van der Waals surface area contributed by atoms with Gasteiger partial charge in [0.1, 0.15) is 5.82 Å². The lowest BCUT2D eigenvalue weighted by molar-refractivity contribution is 0.0954. The zero-order valence-electron chi connectivity index (χ0n) is 15.0. The zero-order chi connectivity index (χ0) is 17.6. The average Bonchev–Trinajstić information content (AvgIpc) is 3.17. The van der Waals surface area contributed by atoms with Gasteiger partial charge in [-0.25, -0.2) is 4.98 Å². The van der Waals surface area contributed by atoms with Crippen molar-refractivity contribution in [1.82, 2.24) is 10.3 Å². The fourth-order valence-corrected chi connectivity index (χ4v) is 3.06. The van der Waals surface area contributed by atoms with Crippen molar-refractivity contribution in [3.63, 3.8) is 0 Å². The molecule has 0 radical (unpaired) electrons. The Morgan fingerprint density at radius 3 is 2.56 bits per heavy atom. The van der Waals surface area contributed by atoms with Crippen molar-refractivity contribution in [2.75, 3.05) is 43.5 Å².